The Morgan fingerprint density at radius 1 is 1.12 bits per heavy atom. The van der Waals surface area contributed by atoms with E-state index >= 15 is 0 Å². The van der Waals surface area contributed by atoms with E-state index in [1.165, 1.54) is 0 Å². The average molecular weight is 336 g/mol. The monoisotopic (exact) mass is 336 g/mol. The molecule has 2 aromatic heterocycles. The highest BCUT2D eigenvalue weighted by Gasteiger charge is 2.17. The number of hydrogen-bond donors (Lipinski definition) is 1. The van der Waals surface area contributed by atoms with Crippen LogP contribution in [0, 0.1) is 13.8 Å². The molecule has 1 atom stereocenters. The smallest absolute Gasteiger partial charge is 0.251 e. The second-order valence-corrected chi connectivity index (χ2v) is 5.83. The lowest BCUT2D eigenvalue weighted by atomic mass is 10.1. The number of amides is 1. The van der Waals surface area contributed by atoms with Crippen LogP contribution < -0.4 is 5.32 Å². The highest BCUT2D eigenvalue weighted by molar-refractivity contribution is 5.97. The van der Waals surface area contributed by atoms with E-state index < -0.39 is 0 Å². The summed E-state index contributed by atoms with van der Waals surface area (Å²) >= 11 is 0. The van der Waals surface area contributed by atoms with Gasteiger partial charge in [0, 0.05) is 18.9 Å². The fourth-order valence-corrected chi connectivity index (χ4v) is 2.56. The van der Waals surface area contributed by atoms with Crippen molar-refractivity contribution in [2.75, 3.05) is 13.7 Å². The van der Waals surface area contributed by atoms with Crippen molar-refractivity contribution in [2.45, 2.75) is 19.9 Å². The Balaban J connectivity index is 1.86. The van der Waals surface area contributed by atoms with Crippen molar-refractivity contribution < 1.29 is 9.53 Å². The van der Waals surface area contributed by atoms with Gasteiger partial charge in [0.1, 0.15) is 0 Å². The van der Waals surface area contributed by atoms with Gasteiger partial charge < -0.3 is 10.1 Å². The number of fused-ring (bicyclic) bond motifs is 1. The van der Waals surface area contributed by atoms with E-state index in [2.05, 4.69) is 20.3 Å². The van der Waals surface area contributed by atoms with Crippen LogP contribution in [-0.2, 0) is 4.74 Å². The number of aryl methyl sites for hydroxylation is 2. The Labute approximate surface area is 146 Å². The first-order valence-corrected chi connectivity index (χ1v) is 8.04. The van der Waals surface area contributed by atoms with Crippen LogP contribution >= 0.6 is 0 Å². The summed E-state index contributed by atoms with van der Waals surface area (Å²) in [5, 5.41) is 2.97. The normalized spacial score (nSPS) is 12.1. The summed E-state index contributed by atoms with van der Waals surface area (Å²) in [5.74, 6) is -0.199. The van der Waals surface area contributed by atoms with Gasteiger partial charge in [-0.25, -0.2) is 9.97 Å². The van der Waals surface area contributed by atoms with Crippen molar-refractivity contribution in [3.8, 4) is 0 Å². The molecule has 3 rings (SSSR count). The first-order chi connectivity index (χ1) is 12.1. The summed E-state index contributed by atoms with van der Waals surface area (Å²) in [6.07, 6.45) is 1.70. The third kappa shape index (κ3) is 3.80. The number of hydrogen-bond acceptors (Lipinski definition) is 5. The summed E-state index contributed by atoms with van der Waals surface area (Å²) < 4.78 is 5.22. The number of ether oxygens (including phenoxy) is 1. The Bertz CT molecular complexity index is 897. The number of nitrogens with zero attached hydrogens (tertiary/aromatic N) is 3. The topological polar surface area (TPSA) is 77.0 Å². The minimum absolute atomic E-state index is 0.199. The first-order valence-electron chi connectivity index (χ1n) is 8.04. The van der Waals surface area contributed by atoms with Gasteiger partial charge in [0.15, 0.2) is 0 Å². The van der Waals surface area contributed by atoms with Crippen molar-refractivity contribution in [2.24, 2.45) is 0 Å². The lowest BCUT2D eigenvalue weighted by molar-refractivity contribution is 0.0894. The molecule has 0 spiro atoms. The fraction of sp³-hybridized carbons (Fsp3) is 0.263. The van der Waals surface area contributed by atoms with Crippen LogP contribution in [0.5, 0.6) is 0 Å². The lowest BCUT2D eigenvalue weighted by Gasteiger charge is -2.17. The number of benzene rings is 1. The number of rotatable bonds is 5. The van der Waals surface area contributed by atoms with Gasteiger partial charge >= 0.3 is 0 Å². The van der Waals surface area contributed by atoms with E-state index in [4.69, 9.17) is 4.74 Å². The molecule has 1 aromatic carbocycles. The molecule has 6 nitrogen and oxygen atoms in total. The summed E-state index contributed by atoms with van der Waals surface area (Å²) in [7, 11) is 1.60. The van der Waals surface area contributed by atoms with Crippen LogP contribution in [0.3, 0.4) is 0 Å². The minimum Gasteiger partial charge on any atom is -0.382 e. The zero-order chi connectivity index (χ0) is 17.8. The number of aromatic nitrogens is 3. The molecule has 25 heavy (non-hydrogen) atoms. The molecule has 1 N–H and O–H groups in total. The van der Waals surface area contributed by atoms with Gasteiger partial charge in [-0.3, -0.25) is 9.78 Å². The SMILES string of the molecule is COC[C@@H](NC(=O)c1ccc2nc(C)c(C)nc2c1)c1ccccn1. The van der Waals surface area contributed by atoms with E-state index in [0.717, 1.165) is 22.6 Å². The number of nitrogens with one attached hydrogen (secondary N) is 1. The molecule has 0 unspecified atom stereocenters. The predicted molar refractivity (Wildman–Crippen MR) is 95.3 cm³/mol. The standard InChI is InChI=1S/C19H20N4O2/c1-12-13(2)22-17-10-14(7-8-16(17)21-12)19(24)23-18(11-25-3)15-6-4-5-9-20-15/h4-10,18H,11H2,1-3H3,(H,23,24)/t18-/m1/s1. The average Bonchev–Trinajstić information content (AvgIpc) is 2.62. The van der Waals surface area contributed by atoms with Crippen molar-refractivity contribution in [1.82, 2.24) is 20.3 Å². The lowest BCUT2D eigenvalue weighted by Crippen LogP contribution is -2.31. The minimum atomic E-state index is -0.319. The molecule has 0 bridgehead atoms. The maximum Gasteiger partial charge on any atom is 0.251 e. The van der Waals surface area contributed by atoms with Gasteiger partial charge in [0.25, 0.3) is 5.91 Å². The number of methoxy groups -OCH3 is 1. The van der Waals surface area contributed by atoms with E-state index in [0.29, 0.717) is 17.7 Å². The maximum absolute atomic E-state index is 12.7. The largest absolute Gasteiger partial charge is 0.382 e. The van der Waals surface area contributed by atoms with Crippen LogP contribution in [0.25, 0.3) is 11.0 Å². The van der Waals surface area contributed by atoms with E-state index in [9.17, 15) is 4.79 Å². The van der Waals surface area contributed by atoms with Gasteiger partial charge in [-0.2, -0.15) is 0 Å². The van der Waals surface area contributed by atoms with Crippen LogP contribution in [0.15, 0.2) is 42.6 Å². The van der Waals surface area contributed by atoms with E-state index in [1.54, 1.807) is 25.4 Å². The molecule has 6 heteroatoms. The van der Waals surface area contributed by atoms with Crippen molar-refractivity contribution >= 4 is 16.9 Å². The summed E-state index contributed by atoms with van der Waals surface area (Å²) in [6.45, 7) is 4.17. The highest BCUT2D eigenvalue weighted by Crippen LogP contribution is 2.16. The highest BCUT2D eigenvalue weighted by atomic mass is 16.5. The van der Waals surface area contributed by atoms with Gasteiger partial charge in [-0.1, -0.05) is 6.07 Å². The van der Waals surface area contributed by atoms with Crippen LogP contribution in [0.1, 0.15) is 33.5 Å². The second kappa shape index (κ2) is 7.36. The quantitative estimate of drug-likeness (QED) is 0.775. The molecule has 2 heterocycles. The van der Waals surface area contributed by atoms with Crippen molar-refractivity contribution in [1.29, 1.82) is 0 Å². The van der Waals surface area contributed by atoms with Crippen molar-refractivity contribution in [3.05, 3.63) is 65.2 Å². The van der Waals surface area contributed by atoms with Crippen LogP contribution in [0.2, 0.25) is 0 Å². The first kappa shape index (κ1) is 17.0. The third-order valence-electron chi connectivity index (χ3n) is 4.02. The van der Waals surface area contributed by atoms with E-state index in [1.807, 2.05) is 38.1 Å². The number of carbonyl (C=O) groups is 1. The van der Waals surface area contributed by atoms with Gasteiger partial charge in [0.05, 0.1) is 40.8 Å². The Kier molecular flexibility index (Phi) is 5.00. The van der Waals surface area contributed by atoms with Gasteiger partial charge in [0.2, 0.25) is 0 Å². The molecular formula is C19H20N4O2. The summed E-state index contributed by atoms with van der Waals surface area (Å²) in [6, 6.07) is 10.6. The molecule has 1 amide bonds. The zero-order valence-corrected chi connectivity index (χ0v) is 14.5. The summed E-state index contributed by atoms with van der Waals surface area (Å²) in [4.78, 5) is 26.0. The maximum atomic E-state index is 12.7. The number of pyridine rings is 1. The number of carbonyl (C=O) groups excluding carboxylic acids is 1. The molecule has 0 aliphatic heterocycles. The Hall–Kier alpha value is -2.86. The van der Waals surface area contributed by atoms with Crippen LogP contribution in [-0.4, -0.2) is 34.6 Å². The molecule has 3 aromatic rings. The molecular weight excluding hydrogens is 316 g/mol. The van der Waals surface area contributed by atoms with Crippen molar-refractivity contribution in [3.63, 3.8) is 0 Å². The van der Waals surface area contributed by atoms with E-state index in [-0.39, 0.29) is 11.9 Å². The molecule has 0 aliphatic carbocycles. The predicted octanol–water partition coefficient (Wildman–Crippen LogP) is 2.76. The molecule has 0 saturated heterocycles. The molecule has 0 aliphatic rings. The summed E-state index contributed by atoms with van der Waals surface area (Å²) in [5.41, 5.74) is 4.51. The molecule has 0 fully saturated rings. The molecule has 128 valence electrons. The van der Waals surface area contributed by atoms with Gasteiger partial charge in [-0.05, 0) is 44.2 Å². The Morgan fingerprint density at radius 2 is 1.88 bits per heavy atom. The molecule has 0 saturated carbocycles. The fourth-order valence-electron chi connectivity index (χ4n) is 2.56. The zero-order valence-electron chi connectivity index (χ0n) is 14.5. The third-order valence-corrected chi connectivity index (χ3v) is 4.02. The Morgan fingerprint density at radius 3 is 2.56 bits per heavy atom. The van der Waals surface area contributed by atoms with Crippen LogP contribution in [0.4, 0.5) is 0 Å². The molecule has 0 radical (unpaired) electrons. The second-order valence-electron chi connectivity index (χ2n) is 5.83. The van der Waals surface area contributed by atoms with Gasteiger partial charge in [-0.15, -0.1) is 0 Å².